The fourth-order valence-corrected chi connectivity index (χ4v) is 4.85. The lowest BCUT2D eigenvalue weighted by molar-refractivity contribution is -0.137. The van der Waals surface area contributed by atoms with Crippen molar-refractivity contribution in [3.63, 3.8) is 0 Å². The van der Waals surface area contributed by atoms with Gasteiger partial charge in [-0.25, -0.2) is 9.97 Å². The SMILES string of the molecule is Cc1nc(N[C@H](C)c2cc(N)cc(C(F)(F)F)c2)c2cc3c(cc2n1)OCCO[C@H]1CCCC[C@H]1O3. The van der Waals surface area contributed by atoms with E-state index in [1.807, 2.05) is 12.1 Å². The van der Waals surface area contributed by atoms with Crippen LogP contribution in [-0.2, 0) is 10.9 Å². The van der Waals surface area contributed by atoms with E-state index in [-0.39, 0.29) is 17.9 Å². The molecule has 2 aromatic carbocycles. The molecule has 7 nitrogen and oxygen atoms in total. The second-order valence-electron chi connectivity index (χ2n) is 9.39. The van der Waals surface area contributed by atoms with Crippen molar-refractivity contribution >= 4 is 22.4 Å². The number of hydrogen-bond donors (Lipinski definition) is 2. The van der Waals surface area contributed by atoms with Gasteiger partial charge in [0.25, 0.3) is 0 Å². The Bertz CT molecular complexity index is 1270. The Kier molecular flexibility index (Phi) is 6.55. The van der Waals surface area contributed by atoms with Gasteiger partial charge in [-0.2, -0.15) is 13.2 Å². The van der Waals surface area contributed by atoms with Gasteiger partial charge in [0.2, 0.25) is 0 Å². The fraction of sp³-hybridized carbons (Fsp3) is 0.462. The summed E-state index contributed by atoms with van der Waals surface area (Å²) in [4.78, 5) is 9.11. The highest BCUT2D eigenvalue weighted by Gasteiger charge is 2.32. The van der Waals surface area contributed by atoms with E-state index in [0.717, 1.165) is 37.8 Å². The van der Waals surface area contributed by atoms with Crippen LogP contribution >= 0.6 is 0 Å². The molecule has 192 valence electrons. The number of benzene rings is 2. The van der Waals surface area contributed by atoms with E-state index in [4.69, 9.17) is 19.9 Å². The molecule has 10 heteroatoms. The highest BCUT2D eigenvalue weighted by Crippen LogP contribution is 2.39. The van der Waals surface area contributed by atoms with Crippen LogP contribution in [0.1, 0.15) is 55.6 Å². The van der Waals surface area contributed by atoms with Crippen molar-refractivity contribution in [2.24, 2.45) is 0 Å². The standard InChI is InChI=1S/C26H29F3N4O3/c1-14(16-9-17(26(27,28)29)11-18(30)10-16)31-25-19-12-24-23(13-20(19)32-15(2)33-25)35-8-7-34-21-5-3-4-6-22(21)36-24/h9-14,21-22H,3-8,30H2,1-2H3,(H,31,32,33)/t14-,21+,22-/m1/s1. The maximum Gasteiger partial charge on any atom is 0.416 e. The third-order valence-corrected chi connectivity index (χ3v) is 6.62. The van der Waals surface area contributed by atoms with Gasteiger partial charge in [-0.3, -0.25) is 0 Å². The summed E-state index contributed by atoms with van der Waals surface area (Å²) in [6.07, 6.45) is -0.536. The van der Waals surface area contributed by atoms with Gasteiger partial charge in [0.15, 0.2) is 11.5 Å². The molecule has 2 aliphatic rings. The van der Waals surface area contributed by atoms with E-state index in [0.29, 0.717) is 52.8 Å². The van der Waals surface area contributed by atoms with Crippen LogP contribution in [0.25, 0.3) is 10.9 Å². The molecule has 1 aromatic heterocycles. The molecule has 3 aromatic rings. The molecule has 3 atom stereocenters. The minimum absolute atomic E-state index is 0.0160. The van der Waals surface area contributed by atoms with E-state index in [1.165, 1.54) is 6.07 Å². The average molecular weight is 503 g/mol. The largest absolute Gasteiger partial charge is 0.487 e. The number of nitrogens with zero attached hydrogens (tertiary/aromatic N) is 2. The van der Waals surface area contributed by atoms with Crippen LogP contribution in [0.2, 0.25) is 0 Å². The maximum absolute atomic E-state index is 13.3. The van der Waals surface area contributed by atoms with Gasteiger partial charge >= 0.3 is 6.18 Å². The van der Waals surface area contributed by atoms with Gasteiger partial charge in [-0.1, -0.05) is 6.42 Å². The minimum Gasteiger partial charge on any atom is -0.487 e. The van der Waals surface area contributed by atoms with E-state index in [2.05, 4.69) is 15.3 Å². The molecule has 1 fully saturated rings. The van der Waals surface area contributed by atoms with Gasteiger partial charge in [-0.05, 0) is 62.9 Å². The molecule has 5 rings (SSSR count). The highest BCUT2D eigenvalue weighted by molar-refractivity contribution is 5.92. The summed E-state index contributed by atoms with van der Waals surface area (Å²) >= 11 is 0. The molecule has 0 spiro atoms. The summed E-state index contributed by atoms with van der Waals surface area (Å²) < 4.78 is 58.4. The number of nitrogen functional groups attached to an aromatic ring is 1. The van der Waals surface area contributed by atoms with Crippen molar-refractivity contribution in [2.45, 2.75) is 64.0 Å². The zero-order chi connectivity index (χ0) is 25.4. The van der Waals surface area contributed by atoms with Gasteiger partial charge < -0.3 is 25.3 Å². The molecule has 2 heterocycles. The third-order valence-electron chi connectivity index (χ3n) is 6.62. The first-order valence-corrected chi connectivity index (χ1v) is 12.1. The molecular weight excluding hydrogens is 473 g/mol. The lowest BCUT2D eigenvalue weighted by atomic mass is 9.94. The van der Waals surface area contributed by atoms with Crippen molar-refractivity contribution in [3.05, 3.63) is 47.3 Å². The van der Waals surface area contributed by atoms with E-state index < -0.39 is 17.8 Å². The first kappa shape index (κ1) is 24.4. The van der Waals surface area contributed by atoms with Crippen molar-refractivity contribution in [1.82, 2.24) is 9.97 Å². The summed E-state index contributed by atoms with van der Waals surface area (Å²) in [6.45, 7) is 4.40. The number of nitrogens with one attached hydrogen (secondary N) is 1. The quantitative estimate of drug-likeness (QED) is 0.437. The molecule has 36 heavy (non-hydrogen) atoms. The van der Waals surface area contributed by atoms with Crippen LogP contribution < -0.4 is 20.5 Å². The number of rotatable bonds is 3. The predicted molar refractivity (Wildman–Crippen MR) is 130 cm³/mol. The summed E-state index contributed by atoms with van der Waals surface area (Å²) in [7, 11) is 0. The summed E-state index contributed by atoms with van der Waals surface area (Å²) in [5, 5.41) is 3.94. The smallest absolute Gasteiger partial charge is 0.416 e. The number of aryl methyl sites for hydroxylation is 1. The lowest BCUT2D eigenvalue weighted by Gasteiger charge is -2.31. The zero-order valence-corrected chi connectivity index (χ0v) is 20.2. The average Bonchev–Trinajstić information content (AvgIpc) is 2.90. The van der Waals surface area contributed by atoms with Crippen LogP contribution in [0.4, 0.5) is 24.7 Å². The fourth-order valence-electron chi connectivity index (χ4n) is 4.85. The number of alkyl halides is 3. The number of aromatic nitrogens is 2. The van der Waals surface area contributed by atoms with E-state index in [9.17, 15) is 13.2 Å². The Labute approximate surface area is 207 Å². The van der Waals surface area contributed by atoms with Crippen LogP contribution in [0.15, 0.2) is 30.3 Å². The molecule has 3 N–H and O–H groups in total. The Morgan fingerprint density at radius 3 is 2.56 bits per heavy atom. The molecule has 0 unspecified atom stereocenters. The van der Waals surface area contributed by atoms with Crippen LogP contribution in [-0.4, -0.2) is 35.4 Å². The summed E-state index contributed by atoms with van der Waals surface area (Å²) in [6, 6.07) is 6.72. The second-order valence-corrected chi connectivity index (χ2v) is 9.39. The van der Waals surface area contributed by atoms with Crippen LogP contribution in [0.3, 0.4) is 0 Å². The van der Waals surface area contributed by atoms with E-state index in [1.54, 1.807) is 13.8 Å². The summed E-state index contributed by atoms with van der Waals surface area (Å²) in [5.74, 6) is 2.17. The molecule has 0 saturated heterocycles. The number of ether oxygens (including phenoxy) is 3. The number of nitrogens with two attached hydrogens (primary N) is 1. The molecule has 1 saturated carbocycles. The summed E-state index contributed by atoms with van der Waals surface area (Å²) in [5.41, 5.74) is 6.08. The van der Waals surface area contributed by atoms with Crippen molar-refractivity contribution in [2.75, 3.05) is 24.3 Å². The van der Waals surface area contributed by atoms with Crippen LogP contribution in [0, 0.1) is 6.92 Å². The minimum atomic E-state index is -4.49. The Morgan fingerprint density at radius 1 is 1.00 bits per heavy atom. The van der Waals surface area contributed by atoms with Crippen molar-refractivity contribution in [3.8, 4) is 11.5 Å². The van der Waals surface area contributed by atoms with Gasteiger partial charge in [0.05, 0.1) is 29.8 Å². The first-order chi connectivity index (χ1) is 17.2. The van der Waals surface area contributed by atoms with Crippen molar-refractivity contribution in [1.29, 1.82) is 0 Å². The molecular formula is C26H29F3N4O3. The topological polar surface area (TPSA) is 91.5 Å². The van der Waals surface area contributed by atoms with Crippen LogP contribution in [0.5, 0.6) is 11.5 Å². The first-order valence-electron chi connectivity index (χ1n) is 12.1. The second kappa shape index (κ2) is 9.65. The van der Waals surface area contributed by atoms with Gasteiger partial charge in [0.1, 0.15) is 24.4 Å². The number of anilines is 2. The number of fused-ring (bicyclic) bond motifs is 3. The lowest BCUT2D eigenvalue weighted by Crippen LogP contribution is -2.37. The van der Waals surface area contributed by atoms with Gasteiger partial charge in [-0.15, -0.1) is 0 Å². The maximum atomic E-state index is 13.3. The third kappa shape index (κ3) is 5.13. The Hall–Kier alpha value is -3.27. The Morgan fingerprint density at radius 2 is 1.78 bits per heavy atom. The number of hydrogen-bond acceptors (Lipinski definition) is 7. The molecule has 1 aliphatic heterocycles. The molecule has 0 radical (unpaired) electrons. The molecule has 1 aliphatic carbocycles. The monoisotopic (exact) mass is 502 g/mol. The van der Waals surface area contributed by atoms with Gasteiger partial charge in [0, 0.05) is 17.1 Å². The molecule has 0 bridgehead atoms. The Balaban J connectivity index is 1.52. The molecule has 0 amide bonds. The highest BCUT2D eigenvalue weighted by atomic mass is 19.4. The zero-order valence-electron chi connectivity index (χ0n) is 20.2. The van der Waals surface area contributed by atoms with E-state index >= 15 is 0 Å². The predicted octanol–water partition coefficient (Wildman–Crippen LogP) is 5.81. The number of halogens is 3. The normalized spacial score (nSPS) is 21.1. The van der Waals surface area contributed by atoms with Crippen molar-refractivity contribution < 1.29 is 27.4 Å².